The van der Waals surface area contributed by atoms with Crippen LogP contribution in [0.25, 0.3) is 0 Å². The summed E-state index contributed by atoms with van der Waals surface area (Å²) in [5.74, 6) is -1.65. The topological polar surface area (TPSA) is 29.1 Å². The van der Waals surface area contributed by atoms with Gasteiger partial charge in [0, 0.05) is 6.07 Å². The van der Waals surface area contributed by atoms with E-state index in [0.717, 1.165) is 12.1 Å². The zero-order chi connectivity index (χ0) is 12.1. The molecule has 1 aromatic carbocycles. The van der Waals surface area contributed by atoms with E-state index in [1.54, 1.807) is 6.08 Å². The van der Waals surface area contributed by atoms with Crippen LogP contribution in [-0.2, 0) is 4.79 Å². The average molecular weight is 225 g/mol. The summed E-state index contributed by atoms with van der Waals surface area (Å²) in [7, 11) is 0. The number of carbonyl (C=O) groups excluding carboxylic acids is 1. The number of anilines is 1. The third kappa shape index (κ3) is 3.81. The van der Waals surface area contributed by atoms with Crippen LogP contribution < -0.4 is 5.32 Å². The van der Waals surface area contributed by atoms with E-state index in [2.05, 4.69) is 5.32 Å². The molecule has 0 saturated heterocycles. The standard InChI is InChI=1S/C12H13F2NO/c1-8(2)3-6-12(16)15-11-5-4-9(13)7-10(11)14/h3-8H,1-2H3,(H,15,16)/b6-3+. The minimum absolute atomic E-state index is 0.0280. The number of rotatable bonds is 3. The van der Waals surface area contributed by atoms with Gasteiger partial charge >= 0.3 is 0 Å². The van der Waals surface area contributed by atoms with E-state index in [1.165, 1.54) is 12.1 Å². The van der Waals surface area contributed by atoms with Crippen molar-refractivity contribution in [3.05, 3.63) is 42.0 Å². The van der Waals surface area contributed by atoms with Crippen LogP contribution in [0.4, 0.5) is 14.5 Å². The molecule has 0 aliphatic rings. The molecule has 0 aromatic heterocycles. The third-order valence-electron chi connectivity index (χ3n) is 1.82. The predicted molar refractivity (Wildman–Crippen MR) is 59.0 cm³/mol. The van der Waals surface area contributed by atoms with E-state index in [1.807, 2.05) is 13.8 Å². The Morgan fingerprint density at radius 1 is 1.38 bits per heavy atom. The molecule has 1 N–H and O–H groups in total. The minimum atomic E-state index is -0.786. The summed E-state index contributed by atoms with van der Waals surface area (Å²) in [5.41, 5.74) is -0.0280. The van der Waals surface area contributed by atoms with Crippen LogP contribution in [0.2, 0.25) is 0 Å². The fourth-order valence-corrected chi connectivity index (χ4v) is 1.05. The highest BCUT2D eigenvalue weighted by atomic mass is 19.1. The van der Waals surface area contributed by atoms with Gasteiger partial charge in [0.25, 0.3) is 0 Å². The van der Waals surface area contributed by atoms with Gasteiger partial charge in [-0.25, -0.2) is 8.78 Å². The van der Waals surface area contributed by atoms with Gasteiger partial charge in [0.1, 0.15) is 11.6 Å². The summed E-state index contributed by atoms with van der Waals surface area (Å²) in [6.45, 7) is 3.84. The van der Waals surface area contributed by atoms with Gasteiger partial charge in [-0.15, -0.1) is 0 Å². The maximum Gasteiger partial charge on any atom is 0.248 e. The zero-order valence-electron chi connectivity index (χ0n) is 9.13. The third-order valence-corrected chi connectivity index (χ3v) is 1.82. The first kappa shape index (κ1) is 12.4. The number of allylic oxidation sites excluding steroid dienone is 1. The molecule has 0 unspecified atom stereocenters. The number of hydrogen-bond acceptors (Lipinski definition) is 1. The molecule has 0 saturated carbocycles. The molecule has 2 nitrogen and oxygen atoms in total. The quantitative estimate of drug-likeness (QED) is 0.787. The van der Waals surface area contributed by atoms with Crippen LogP contribution in [0.5, 0.6) is 0 Å². The molecule has 1 rings (SSSR count). The first-order valence-corrected chi connectivity index (χ1v) is 4.93. The fourth-order valence-electron chi connectivity index (χ4n) is 1.05. The number of hydrogen-bond donors (Lipinski definition) is 1. The molecule has 0 atom stereocenters. The van der Waals surface area contributed by atoms with Crippen molar-refractivity contribution >= 4 is 11.6 Å². The normalized spacial score (nSPS) is 11.1. The summed E-state index contributed by atoms with van der Waals surface area (Å²) < 4.78 is 25.7. The lowest BCUT2D eigenvalue weighted by molar-refractivity contribution is -0.112. The Morgan fingerprint density at radius 2 is 2.06 bits per heavy atom. The van der Waals surface area contributed by atoms with Crippen molar-refractivity contribution in [3.63, 3.8) is 0 Å². The Bertz CT molecular complexity index is 413. The van der Waals surface area contributed by atoms with E-state index in [-0.39, 0.29) is 11.6 Å². The lowest BCUT2D eigenvalue weighted by atomic mass is 10.2. The predicted octanol–water partition coefficient (Wildman–Crippen LogP) is 3.12. The largest absolute Gasteiger partial charge is 0.320 e. The van der Waals surface area contributed by atoms with Gasteiger partial charge in [-0.2, -0.15) is 0 Å². The van der Waals surface area contributed by atoms with Gasteiger partial charge in [-0.1, -0.05) is 19.9 Å². The summed E-state index contributed by atoms with van der Waals surface area (Å²) in [6.07, 6.45) is 3.02. The van der Waals surface area contributed by atoms with Crippen LogP contribution in [0.3, 0.4) is 0 Å². The highest BCUT2D eigenvalue weighted by Crippen LogP contribution is 2.14. The summed E-state index contributed by atoms with van der Waals surface area (Å²) in [5, 5.41) is 2.33. The second-order valence-corrected chi connectivity index (χ2v) is 3.72. The molecular formula is C12H13F2NO. The Morgan fingerprint density at radius 3 is 2.62 bits per heavy atom. The average Bonchev–Trinajstić information content (AvgIpc) is 2.19. The Kier molecular flexibility index (Phi) is 4.17. The van der Waals surface area contributed by atoms with Crippen molar-refractivity contribution in [3.8, 4) is 0 Å². The van der Waals surface area contributed by atoms with Gasteiger partial charge < -0.3 is 5.32 Å². The van der Waals surface area contributed by atoms with Gasteiger partial charge in [0.2, 0.25) is 5.91 Å². The molecule has 1 amide bonds. The van der Waals surface area contributed by atoms with Gasteiger partial charge in [-0.3, -0.25) is 4.79 Å². The minimum Gasteiger partial charge on any atom is -0.320 e. The molecule has 1 aromatic rings. The smallest absolute Gasteiger partial charge is 0.248 e. The molecule has 0 aliphatic carbocycles. The molecule has 0 fully saturated rings. The first-order chi connectivity index (χ1) is 7.49. The second-order valence-electron chi connectivity index (χ2n) is 3.72. The second kappa shape index (κ2) is 5.39. The van der Waals surface area contributed by atoms with E-state index in [0.29, 0.717) is 0 Å². The van der Waals surface area contributed by atoms with Crippen LogP contribution >= 0.6 is 0 Å². The lowest BCUT2D eigenvalue weighted by Gasteiger charge is -2.03. The molecular weight excluding hydrogens is 212 g/mol. The number of benzene rings is 1. The SMILES string of the molecule is CC(C)/C=C/C(=O)Nc1ccc(F)cc1F. The molecule has 0 aliphatic heterocycles. The molecule has 16 heavy (non-hydrogen) atoms. The highest BCUT2D eigenvalue weighted by molar-refractivity contribution is 5.99. The zero-order valence-corrected chi connectivity index (χ0v) is 9.13. The van der Waals surface area contributed by atoms with Crippen molar-refractivity contribution in [2.45, 2.75) is 13.8 Å². The fraction of sp³-hybridized carbons (Fsp3) is 0.250. The van der Waals surface area contributed by atoms with Crippen LogP contribution in [0.15, 0.2) is 30.4 Å². The molecule has 0 bridgehead atoms. The van der Waals surface area contributed by atoms with Gasteiger partial charge in [-0.05, 0) is 24.1 Å². The molecule has 86 valence electrons. The van der Waals surface area contributed by atoms with Crippen molar-refractivity contribution < 1.29 is 13.6 Å². The Balaban J connectivity index is 2.70. The summed E-state index contributed by atoms with van der Waals surface area (Å²) in [4.78, 5) is 11.3. The Labute approximate surface area is 93.0 Å². The van der Waals surface area contributed by atoms with Gasteiger partial charge in [0.05, 0.1) is 5.69 Å². The van der Waals surface area contributed by atoms with Crippen molar-refractivity contribution in [1.82, 2.24) is 0 Å². The maximum atomic E-state index is 13.1. The van der Waals surface area contributed by atoms with Crippen LogP contribution in [0, 0.1) is 17.6 Å². The monoisotopic (exact) mass is 225 g/mol. The number of nitrogens with one attached hydrogen (secondary N) is 1. The number of halogens is 2. The van der Waals surface area contributed by atoms with Crippen molar-refractivity contribution in [1.29, 1.82) is 0 Å². The summed E-state index contributed by atoms with van der Waals surface area (Å²) >= 11 is 0. The maximum absolute atomic E-state index is 13.1. The number of amides is 1. The lowest BCUT2D eigenvalue weighted by Crippen LogP contribution is -2.09. The van der Waals surface area contributed by atoms with Crippen LogP contribution in [-0.4, -0.2) is 5.91 Å². The molecule has 0 spiro atoms. The van der Waals surface area contributed by atoms with Crippen molar-refractivity contribution in [2.24, 2.45) is 5.92 Å². The first-order valence-electron chi connectivity index (χ1n) is 4.93. The number of carbonyl (C=O) groups is 1. The molecule has 0 radical (unpaired) electrons. The van der Waals surface area contributed by atoms with E-state index < -0.39 is 17.5 Å². The van der Waals surface area contributed by atoms with Crippen molar-refractivity contribution in [2.75, 3.05) is 5.32 Å². The van der Waals surface area contributed by atoms with Crippen LogP contribution in [0.1, 0.15) is 13.8 Å². The molecule has 4 heteroatoms. The summed E-state index contributed by atoms with van der Waals surface area (Å²) in [6, 6.07) is 3.00. The highest BCUT2D eigenvalue weighted by Gasteiger charge is 2.05. The molecule has 0 heterocycles. The van der Waals surface area contributed by atoms with Gasteiger partial charge in [0.15, 0.2) is 0 Å². The van der Waals surface area contributed by atoms with E-state index in [9.17, 15) is 13.6 Å². The van der Waals surface area contributed by atoms with E-state index in [4.69, 9.17) is 0 Å². The Hall–Kier alpha value is -1.71. The van der Waals surface area contributed by atoms with E-state index >= 15 is 0 Å².